The molecule has 4 aliphatic heterocycles. The van der Waals surface area contributed by atoms with Gasteiger partial charge < -0.3 is 37.6 Å². The van der Waals surface area contributed by atoms with Crippen molar-refractivity contribution in [3.05, 3.63) is 118 Å². The summed E-state index contributed by atoms with van der Waals surface area (Å²) < 4.78 is 47.9. The molecular weight excluding hydrogens is 690 g/mol. The molecule has 0 atom stereocenters. The molecule has 4 aromatic rings. The Morgan fingerprint density at radius 3 is 1.35 bits per heavy atom. The molecule has 55 heavy (non-hydrogen) atoms. The average Bonchev–Trinajstić information content (AvgIpc) is 4.04. The van der Waals surface area contributed by atoms with Crippen LogP contribution in [-0.2, 0) is 55.8 Å². The van der Waals surface area contributed by atoms with Crippen LogP contribution in [0.1, 0.15) is 97.3 Å². The normalized spacial score (nSPS) is 19.9. The summed E-state index contributed by atoms with van der Waals surface area (Å²) in [5.41, 5.74) is 12.4. The van der Waals surface area contributed by atoms with Crippen LogP contribution in [0.2, 0.25) is 0 Å². The molecule has 286 valence electrons. The lowest BCUT2D eigenvalue weighted by Crippen LogP contribution is -2.42. The molecule has 4 fully saturated rings. The molecule has 0 spiro atoms. The molecule has 10 heteroatoms. The van der Waals surface area contributed by atoms with Crippen molar-refractivity contribution in [2.24, 2.45) is 0 Å². The third-order valence-electron chi connectivity index (χ3n) is 11.9. The van der Waals surface area contributed by atoms with E-state index in [1.54, 1.807) is 0 Å². The van der Waals surface area contributed by atoms with Crippen LogP contribution in [0.15, 0.2) is 84.9 Å². The Morgan fingerprint density at radius 2 is 0.909 bits per heavy atom. The minimum Gasteiger partial charge on any atom is -0.407 e. The Balaban J connectivity index is 1.01. The summed E-state index contributed by atoms with van der Waals surface area (Å²) in [5, 5.41) is 0. The monoisotopic (exact) mass is 742 g/mol. The fourth-order valence-electron chi connectivity index (χ4n) is 9.25. The summed E-state index contributed by atoms with van der Waals surface area (Å²) in [6, 6.07) is 31.4. The number of rotatable bonds is 14. The Bertz CT molecular complexity index is 1760. The van der Waals surface area contributed by atoms with Gasteiger partial charge in [0.25, 0.3) is 0 Å². The molecule has 0 N–H and O–H groups in total. The molecule has 5 aliphatic rings. The van der Waals surface area contributed by atoms with Gasteiger partial charge in [0.05, 0.1) is 26.4 Å². The minimum absolute atomic E-state index is 0.180. The van der Waals surface area contributed by atoms with Crippen molar-refractivity contribution in [1.82, 2.24) is 0 Å². The minimum atomic E-state index is -0.333. The SMILES string of the molecule is c1cc(CCCCC2(CCCCc3cccc(C4OCCO4)c3)c3cc(B4OCCCO4)ccc3-c3ccc(B4OCCCO4)cc32)cc(C2OCCO2)c1. The van der Waals surface area contributed by atoms with Crippen molar-refractivity contribution in [1.29, 1.82) is 0 Å². The largest absolute Gasteiger partial charge is 0.493 e. The zero-order chi connectivity index (χ0) is 36.9. The molecule has 8 nitrogen and oxygen atoms in total. The second-order valence-electron chi connectivity index (χ2n) is 15.6. The predicted molar refractivity (Wildman–Crippen MR) is 214 cm³/mol. The number of hydrogen-bond acceptors (Lipinski definition) is 8. The van der Waals surface area contributed by atoms with E-state index < -0.39 is 0 Å². The number of fused-ring (bicyclic) bond motifs is 3. The molecule has 0 bridgehead atoms. The van der Waals surface area contributed by atoms with Crippen LogP contribution in [-0.4, -0.2) is 67.1 Å². The lowest BCUT2D eigenvalue weighted by Gasteiger charge is -2.34. The van der Waals surface area contributed by atoms with Gasteiger partial charge in [-0.3, -0.25) is 0 Å². The van der Waals surface area contributed by atoms with Gasteiger partial charge >= 0.3 is 14.2 Å². The highest BCUT2D eigenvalue weighted by molar-refractivity contribution is 6.62. The summed E-state index contributed by atoms with van der Waals surface area (Å²) in [7, 11) is -0.666. The highest BCUT2D eigenvalue weighted by Crippen LogP contribution is 2.54. The van der Waals surface area contributed by atoms with E-state index in [1.807, 2.05) is 0 Å². The summed E-state index contributed by atoms with van der Waals surface area (Å²) in [6.07, 6.45) is 9.80. The Labute approximate surface area is 326 Å². The van der Waals surface area contributed by atoms with E-state index in [4.69, 9.17) is 37.6 Å². The summed E-state index contributed by atoms with van der Waals surface area (Å²) in [5.74, 6) is 0. The topological polar surface area (TPSA) is 73.8 Å². The molecule has 0 unspecified atom stereocenters. The van der Waals surface area contributed by atoms with E-state index in [1.165, 1.54) is 33.4 Å². The van der Waals surface area contributed by atoms with Crippen LogP contribution >= 0.6 is 0 Å². The Hall–Kier alpha value is -3.31. The molecule has 0 aromatic heterocycles. The van der Waals surface area contributed by atoms with E-state index in [0.29, 0.717) is 26.4 Å². The zero-order valence-electron chi connectivity index (χ0n) is 31.9. The first kappa shape index (κ1) is 37.3. The molecule has 4 aromatic carbocycles. The van der Waals surface area contributed by atoms with E-state index >= 15 is 0 Å². The maximum atomic E-state index is 6.16. The smallest absolute Gasteiger partial charge is 0.407 e. The number of hydrogen-bond donors (Lipinski definition) is 0. The van der Waals surface area contributed by atoms with Gasteiger partial charge in [0.1, 0.15) is 0 Å². The van der Waals surface area contributed by atoms with Gasteiger partial charge in [0.15, 0.2) is 12.6 Å². The van der Waals surface area contributed by atoms with Crippen LogP contribution in [0, 0.1) is 0 Å². The molecule has 0 radical (unpaired) electrons. The zero-order valence-corrected chi connectivity index (χ0v) is 31.9. The van der Waals surface area contributed by atoms with Crippen molar-refractivity contribution in [2.75, 3.05) is 52.9 Å². The first-order valence-corrected chi connectivity index (χ1v) is 20.6. The molecule has 1 aliphatic carbocycles. The van der Waals surface area contributed by atoms with Gasteiger partial charge in [-0.2, -0.15) is 0 Å². The van der Waals surface area contributed by atoms with Gasteiger partial charge in [0.2, 0.25) is 0 Å². The standard InChI is InChI=1S/C45H52B2O8/c1(9-33-11-5-13-35(29-33)43-48-25-26-49-43)3-19-45(20-4-2-10-34-12-6-14-36(30-34)44-50-27-28-51-44)41-31-37(46-52-21-7-22-53-46)15-17-39(41)40-18-16-38(32-42(40)45)47-54-23-8-24-55-47/h5-6,11-18,29-32,43-44H,1-4,7-10,19-28H2. The van der Waals surface area contributed by atoms with Crippen LogP contribution in [0.4, 0.5) is 0 Å². The van der Waals surface area contributed by atoms with Gasteiger partial charge in [-0.1, -0.05) is 97.8 Å². The summed E-state index contributed by atoms with van der Waals surface area (Å²) >= 11 is 0. The molecule has 4 heterocycles. The predicted octanol–water partition coefficient (Wildman–Crippen LogP) is 7.13. The fraction of sp³-hybridized carbons (Fsp3) is 0.467. The first-order chi connectivity index (χ1) is 27.2. The van der Waals surface area contributed by atoms with Gasteiger partial charge in [-0.05, 0) is 95.7 Å². The maximum absolute atomic E-state index is 6.16. The lowest BCUT2D eigenvalue weighted by atomic mass is 9.67. The maximum Gasteiger partial charge on any atom is 0.493 e. The van der Waals surface area contributed by atoms with Crippen LogP contribution < -0.4 is 10.9 Å². The Kier molecular flexibility index (Phi) is 11.8. The molecule has 0 saturated carbocycles. The molecular formula is C45H52B2O8. The van der Waals surface area contributed by atoms with E-state index in [2.05, 4.69) is 84.9 Å². The third-order valence-corrected chi connectivity index (χ3v) is 11.9. The Morgan fingerprint density at radius 1 is 0.473 bits per heavy atom. The van der Waals surface area contributed by atoms with Crippen LogP contribution in [0.5, 0.6) is 0 Å². The highest BCUT2D eigenvalue weighted by Gasteiger charge is 2.44. The van der Waals surface area contributed by atoms with E-state index in [0.717, 1.165) is 113 Å². The molecule has 4 saturated heterocycles. The van der Waals surface area contributed by atoms with Crippen molar-refractivity contribution in [3.8, 4) is 11.1 Å². The summed E-state index contributed by atoms with van der Waals surface area (Å²) in [6.45, 7) is 5.49. The number of ether oxygens (including phenoxy) is 4. The average molecular weight is 743 g/mol. The number of unbranched alkanes of at least 4 members (excludes halogenated alkanes) is 2. The van der Waals surface area contributed by atoms with Gasteiger partial charge in [-0.15, -0.1) is 0 Å². The lowest BCUT2D eigenvalue weighted by molar-refractivity contribution is -0.0443. The molecule has 9 rings (SSSR count). The van der Waals surface area contributed by atoms with Crippen LogP contribution in [0.3, 0.4) is 0 Å². The highest BCUT2D eigenvalue weighted by atomic mass is 16.7. The van der Waals surface area contributed by atoms with Crippen molar-refractivity contribution in [3.63, 3.8) is 0 Å². The van der Waals surface area contributed by atoms with Crippen molar-refractivity contribution >= 4 is 25.2 Å². The summed E-state index contributed by atoms with van der Waals surface area (Å²) in [4.78, 5) is 0. The quantitative estimate of drug-likeness (QED) is 0.0999. The van der Waals surface area contributed by atoms with E-state index in [-0.39, 0.29) is 32.2 Å². The van der Waals surface area contributed by atoms with Crippen molar-refractivity contribution < 1.29 is 37.6 Å². The molecule has 0 amide bonds. The van der Waals surface area contributed by atoms with Gasteiger partial charge in [0, 0.05) is 43.0 Å². The van der Waals surface area contributed by atoms with E-state index in [9.17, 15) is 0 Å². The number of benzene rings is 4. The third kappa shape index (κ3) is 8.25. The van der Waals surface area contributed by atoms with Crippen LogP contribution in [0.25, 0.3) is 11.1 Å². The second-order valence-corrected chi connectivity index (χ2v) is 15.6. The number of aryl methyl sites for hydroxylation is 2. The first-order valence-electron chi connectivity index (χ1n) is 20.6. The fourth-order valence-corrected chi connectivity index (χ4v) is 9.25. The van der Waals surface area contributed by atoms with Gasteiger partial charge in [-0.25, -0.2) is 0 Å². The second kappa shape index (κ2) is 17.4. The van der Waals surface area contributed by atoms with Crippen molar-refractivity contribution in [2.45, 2.75) is 82.2 Å².